The number of hydrogen-bond donors (Lipinski definition) is 3. The molecule has 0 spiro atoms. The second-order valence-electron chi connectivity index (χ2n) is 5.88. The Bertz CT molecular complexity index is 802. The molecule has 0 aliphatic carbocycles. The summed E-state index contributed by atoms with van der Waals surface area (Å²) in [6.45, 7) is 5.01. The molecule has 0 saturated heterocycles. The third-order valence-corrected chi connectivity index (χ3v) is 3.75. The highest BCUT2D eigenvalue weighted by molar-refractivity contribution is 5.93. The Morgan fingerprint density at radius 3 is 2.74 bits per heavy atom. The van der Waals surface area contributed by atoms with Gasteiger partial charge in [-0.15, -0.1) is 0 Å². The molecule has 27 heavy (non-hydrogen) atoms. The lowest BCUT2D eigenvalue weighted by Crippen LogP contribution is -2.48. The molecule has 1 aromatic heterocycles. The molecule has 0 bridgehead atoms. The summed E-state index contributed by atoms with van der Waals surface area (Å²) in [7, 11) is 0. The van der Waals surface area contributed by atoms with Crippen LogP contribution < -0.4 is 16.8 Å². The topological polar surface area (TPSA) is 116 Å². The van der Waals surface area contributed by atoms with Crippen LogP contribution in [0.1, 0.15) is 17.4 Å². The highest BCUT2D eigenvalue weighted by atomic mass is 19.3. The maximum Gasteiger partial charge on any atom is 0.274 e. The first-order valence-corrected chi connectivity index (χ1v) is 8.05. The van der Waals surface area contributed by atoms with Crippen molar-refractivity contribution in [1.29, 1.82) is 0 Å². The number of nitrogens with zero attached hydrogens (tertiary/aromatic N) is 2. The first-order valence-electron chi connectivity index (χ1n) is 8.05. The van der Waals surface area contributed by atoms with E-state index in [4.69, 9.17) is 16.2 Å². The van der Waals surface area contributed by atoms with E-state index in [1.54, 1.807) is 13.0 Å². The highest BCUT2D eigenvalue weighted by Gasteiger charge is 2.45. The Balaban J connectivity index is 2.30. The van der Waals surface area contributed by atoms with Gasteiger partial charge in [0.05, 0.1) is 18.5 Å². The first kappa shape index (κ1) is 20.2. The number of allylic oxidation sites excluding steroid dienone is 2. The number of anilines is 1. The molecule has 1 unspecified atom stereocenters. The minimum absolute atomic E-state index is 0.0158. The molecule has 1 aliphatic heterocycles. The number of nitrogen functional groups attached to an aromatic ring is 1. The average molecular weight is 377 g/mol. The van der Waals surface area contributed by atoms with Gasteiger partial charge in [-0.3, -0.25) is 9.79 Å². The molecule has 1 amide bonds. The van der Waals surface area contributed by atoms with Gasteiger partial charge in [0.15, 0.2) is 5.54 Å². The molecular weight excluding hydrogens is 356 g/mol. The molecule has 0 radical (unpaired) electrons. The Labute approximate surface area is 155 Å². The monoisotopic (exact) mass is 377 g/mol. The molecule has 2 rings (SSSR count). The van der Waals surface area contributed by atoms with E-state index in [2.05, 4.69) is 21.9 Å². The lowest BCUT2D eigenvalue weighted by molar-refractivity contribution is 0.00992. The molecular formula is C18H21F2N5O2. The van der Waals surface area contributed by atoms with Crippen LogP contribution in [0.25, 0.3) is 0 Å². The minimum Gasteiger partial charge on any atom is -0.397 e. The van der Waals surface area contributed by atoms with Gasteiger partial charge in [0.2, 0.25) is 0 Å². The van der Waals surface area contributed by atoms with E-state index in [0.717, 1.165) is 0 Å². The van der Waals surface area contributed by atoms with Gasteiger partial charge in [-0.25, -0.2) is 13.8 Å². The molecule has 0 fully saturated rings. The van der Waals surface area contributed by atoms with Crippen molar-refractivity contribution in [3.05, 3.63) is 60.1 Å². The van der Waals surface area contributed by atoms with Crippen molar-refractivity contribution in [3.63, 3.8) is 0 Å². The van der Waals surface area contributed by atoms with Gasteiger partial charge in [0.25, 0.3) is 12.3 Å². The van der Waals surface area contributed by atoms with Crippen LogP contribution in [0.5, 0.6) is 0 Å². The number of aliphatic imine (C=N–C) groups is 1. The summed E-state index contributed by atoms with van der Waals surface area (Å²) >= 11 is 0. The van der Waals surface area contributed by atoms with Crippen LogP contribution in [0.3, 0.4) is 0 Å². The molecule has 0 saturated carbocycles. The summed E-state index contributed by atoms with van der Waals surface area (Å²) in [5, 5.41) is 2.50. The molecule has 1 aliphatic rings. The quantitative estimate of drug-likeness (QED) is 0.654. The van der Waals surface area contributed by atoms with E-state index >= 15 is 0 Å². The maximum absolute atomic E-state index is 13.9. The predicted molar refractivity (Wildman–Crippen MR) is 99.3 cm³/mol. The number of nitrogens with two attached hydrogens (primary N) is 2. The number of aromatic nitrogens is 1. The third kappa shape index (κ3) is 4.76. The zero-order chi connectivity index (χ0) is 20.0. The van der Waals surface area contributed by atoms with Gasteiger partial charge < -0.3 is 21.5 Å². The zero-order valence-corrected chi connectivity index (χ0v) is 14.8. The molecule has 5 N–H and O–H groups in total. The van der Waals surface area contributed by atoms with Crippen molar-refractivity contribution < 1.29 is 18.3 Å². The van der Waals surface area contributed by atoms with Crippen LogP contribution in [0.4, 0.5) is 14.5 Å². The minimum atomic E-state index is -2.87. The SMILES string of the molecule is C=C(C=C(C=CC)C1(C(F)F)COCC(N)=N1)NC(=O)c1ccc(N)cn1. The third-order valence-electron chi connectivity index (χ3n) is 3.75. The van der Waals surface area contributed by atoms with E-state index in [1.807, 2.05) is 0 Å². The summed E-state index contributed by atoms with van der Waals surface area (Å²) in [5.74, 6) is -0.581. The highest BCUT2D eigenvalue weighted by Crippen LogP contribution is 2.33. The summed E-state index contributed by atoms with van der Waals surface area (Å²) in [6, 6.07) is 2.96. The van der Waals surface area contributed by atoms with Crippen molar-refractivity contribution >= 4 is 17.4 Å². The van der Waals surface area contributed by atoms with Gasteiger partial charge in [-0.1, -0.05) is 18.7 Å². The first-order chi connectivity index (χ1) is 12.8. The maximum atomic E-state index is 13.9. The number of ether oxygens (including phenoxy) is 1. The molecule has 9 heteroatoms. The number of pyridine rings is 1. The van der Waals surface area contributed by atoms with Gasteiger partial charge >= 0.3 is 0 Å². The van der Waals surface area contributed by atoms with Crippen LogP contribution in [0, 0.1) is 0 Å². The number of amides is 1. The Morgan fingerprint density at radius 1 is 1.44 bits per heavy atom. The zero-order valence-electron chi connectivity index (χ0n) is 14.8. The summed E-state index contributed by atoms with van der Waals surface area (Å²) in [6.07, 6.45) is 2.80. The van der Waals surface area contributed by atoms with Gasteiger partial charge in [-0.2, -0.15) is 0 Å². The van der Waals surface area contributed by atoms with Crippen molar-refractivity contribution in [3.8, 4) is 0 Å². The van der Waals surface area contributed by atoms with Crippen LogP contribution in [0.2, 0.25) is 0 Å². The van der Waals surface area contributed by atoms with Crippen molar-refractivity contribution in [2.24, 2.45) is 10.7 Å². The molecule has 7 nitrogen and oxygen atoms in total. The van der Waals surface area contributed by atoms with Crippen LogP contribution in [-0.2, 0) is 4.74 Å². The molecule has 1 atom stereocenters. The van der Waals surface area contributed by atoms with Crippen LogP contribution in [0.15, 0.2) is 59.4 Å². The van der Waals surface area contributed by atoms with Crippen LogP contribution in [-0.4, -0.2) is 41.9 Å². The van der Waals surface area contributed by atoms with E-state index < -0.39 is 17.9 Å². The lowest BCUT2D eigenvalue weighted by Gasteiger charge is -2.34. The number of rotatable bonds is 6. The van der Waals surface area contributed by atoms with Gasteiger partial charge in [0, 0.05) is 5.70 Å². The largest absolute Gasteiger partial charge is 0.397 e. The Kier molecular flexibility index (Phi) is 6.40. The second kappa shape index (κ2) is 8.54. The second-order valence-corrected chi connectivity index (χ2v) is 5.88. The predicted octanol–water partition coefficient (Wildman–Crippen LogP) is 1.80. The van der Waals surface area contributed by atoms with Gasteiger partial charge in [0.1, 0.15) is 18.1 Å². The standard InChI is InChI=1S/C18H21F2N5O2/c1-3-4-12(18(17(19)20)10-27-9-15(22)25-18)7-11(2)24-16(26)14-6-5-13(21)8-23-14/h3-8,17H,2,9-10,21H2,1H3,(H2,22,25)(H,24,26). The van der Waals surface area contributed by atoms with E-state index in [0.29, 0.717) is 5.69 Å². The summed E-state index contributed by atoms with van der Waals surface area (Å²) < 4.78 is 32.9. The Hall–Kier alpha value is -3.07. The number of nitrogens with one attached hydrogen (secondary N) is 1. The summed E-state index contributed by atoms with van der Waals surface area (Å²) in [5.41, 5.74) is 9.89. The lowest BCUT2D eigenvalue weighted by atomic mass is 9.89. The fourth-order valence-corrected chi connectivity index (χ4v) is 2.49. The molecule has 2 heterocycles. The number of amidine groups is 1. The van der Waals surface area contributed by atoms with E-state index in [9.17, 15) is 13.6 Å². The number of alkyl halides is 2. The number of hydrogen-bond acceptors (Lipinski definition) is 6. The normalized spacial score (nSPS) is 20.6. The number of carbonyl (C=O) groups is 1. The van der Waals surface area contributed by atoms with Crippen molar-refractivity contribution in [1.82, 2.24) is 10.3 Å². The molecule has 0 aromatic carbocycles. The number of halogens is 2. The average Bonchev–Trinajstić information content (AvgIpc) is 2.61. The van der Waals surface area contributed by atoms with Crippen molar-refractivity contribution in [2.45, 2.75) is 18.9 Å². The summed E-state index contributed by atoms with van der Waals surface area (Å²) in [4.78, 5) is 20.1. The van der Waals surface area contributed by atoms with Crippen molar-refractivity contribution in [2.75, 3.05) is 18.9 Å². The van der Waals surface area contributed by atoms with Gasteiger partial charge in [-0.05, 0) is 30.7 Å². The van der Waals surface area contributed by atoms with E-state index in [1.165, 1.54) is 30.5 Å². The fourth-order valence-electron chi connectivity index (χ4n) is 2.49. The molecule has 1 aromatic rings. The smallest absolute Gasteiger partial charge is 0.274 e. The number of carbonyl (C=O) groups excluding carboxylic acids is 1. The Morgan fingerprint density at radius 2 is 2.19 bits per heavy atom. The molecule has 144 valence electrons. The fraction of sp³-hybridized carbons (Fsp3) is 0.278. The van der Waals surface area contributed by atoms with E-state index in [-0.39, 0.29) is 36.0 Å². The van der Waals surface area contributed by atoms with Crippen LogP contribution >= 0.6 is 0 Å².